The molecule has 2 rings (SSSR count). The molecule has 4 nitrogen and oxygen atoms in total. The highest BCUT2D eigenvalue weighted by Gasteiger charge is 2.11. The van der Waals surface area contributed by atoms with Gasteiger partial charge in [0.15, 0.2) is 0 Å². The molecule has 104 valence electrons. The molecule has 0 spiro atoms. The average Bonchev–Trinajstić information content (AvgIpc) is 2.53. The third kappa shape index (κ3) is 3.51. The summed E-state index contributed by atoms with van der Waals surface area (Å²) in [5.41, 5.74) is 1.74. The minimum atomic E-state index is -0.0119. The zero-order valence-electron chi connectivity index (χ0n) is 11.7. The van der Waals surface area contributed by atoms with Crippen molar-refractivity contribution in [2.75, 3.05) is 30.9 Å². The number of nitrogens with zero attached hydrogens (tertiary/aromatic N) is 1. The first-order valence-electron chi connectivity index (χ1n) is 6.40. The molecule has 0 bridgehead atoms. The van der Waals surface area contributed by atoms with Crippen LogP contribution in [-0.2, 0) is 4.79 Å². The summed E-state index contributed by atoms with van der Waals surface area (Å²) in [6, 6.07) is 17.1. The van der Waals surface area contributed by atoms with Crippen LogP contribution in [0, 0.1) is 0 Å². The first-order valence-corrected chi connectivity index (χ1v) is 6.40. The minimum absolute atomic E-state index is 0.0119. The van der Waals surface area contributed by atoms with Crippen molar-refractivity contribution in [3.05, 3.63) is 54.6 Å². The van der Waals surface area contributed by atoms with Gasteiger partial charge in [-0.3, -0.25) is 4.79 Å². The fraction of sp³-hybridized carbons (Fsp3) is 0.188. The lowest BCUT2D eigenvalue weighted by Gasteiger charge is -2.18. The Balaban J connectivity index is 1.98. The first kappa shape index (κ1) is 13.9. The molecule has 0 aliphatic carbocycles. The standard InChI is InChI=1S/C16H18N2O2/c1-18(14-9-6-10-15(11-14)20-2)16(19)12-17-13-7-4-3-5-8-13/h3-11,17H,12H2,1-2H3. The highest BCUT2D eigenvalue weighted by molar-refractivity contribution is 5.95. The monoisotopic (exact) mass is 270 g/mol. The van der Waals surface area contributed by atoms with Crippen LogP contribution < -0.4 is 15.0 Å². The summed E-state index contributed by atoms with van der Waals surface area (Å²) in [5.74, 6) is 0.722. The highest BCUT2D eigenvalue weighted by atomic mass is 16.5. The number of amides is 1. The van der Waals surface area contributed by atoms with Gasteiger partial charge in [0.1, 0.15) is 5.75 Å². The minimum Gasteiger partial charge on any atom is -0.497 e. The van der Waals surface area contributed by atoms with Crippen molar-refractivity contribution >= 4 is 17.3 Å². The van der Waals surface area contributed by atoms with Crippen LogP contribution in [0.5, 0.6) is 5.75 Å². The van der Waals surface area contributed by atoms with Crippen molar-refractivity contribution in [1.82, 2.24) is 0 Å². The molecule has 0 aliphatic heterocycles. The lowest BCUT2D eigenvalue weighted by Crippen LogP contribution is -2.32. The fourth-order valence-electron chi connectivity index (χ4n) is 1.82. The van der Waals surface area contributed by atoms with Gasteiger partial charge in [0.05, 0.1) is 13.7 Å². The van der Waals surface area contributed by atoms with E-state index in [0.717, 1.165) is 17.1 Å². The van der Waals surface area contributed by atoms with Crippen LogP contribution in [0.2, 0.25) is 0 Å². The zero-order chi connectivity index (χ0) is 14.4. The summed E-state index contributed by atoms with van der Waals surface area (Å²) in [5, 5.41) is 3.10. The summed E-state index contributed by atoms with van der Waals surface area (Å²) < 4.78 is 5.16. The van der Waals surface area contributed by atoms with Gasteiger partial charge in [-0.25, -0.2) is 0 Å². The SMILES string of the molecule is COc1cccc(N(C)C(=O)CNc2ccccc2)c1. The van der Waals surface area contributed by atoms with E-state index >= 15 is 0 Å². The Hall–Kier alpha value is -2.49. The Morgan fingerprint density at radius 3 is 2.60 bits per heavy atom. The van der Waals surface area contributed by atoms with Gasteiger partial charge in [-0.1, -0.05) is 24.3 Å². The van der Waals surface area contributed by atoms with E-state index in [-0.39, 0.29) is 12.5 Å². The van der Waals surface area contributed by atoms with Crippen molar-refractivity contribution < 1.29 is 9.53 Å². The van der Waals surface area contributed by atoms with E-state index in [1.165, 1.54) is 0 Å². The number of carbonyl (C=O) groups is 1. The van der Waals surface area contributed by atoms with E-state index in [4.69, 9.17) is 4.74 Å². The molecule has 20 heavy (non-hydrogen) atoms. The van der Waals surface area contributed by atoms with Crippen molar-refractivity contribution in [1.29, 1.82) is 0 Å². The van der Waals surface area contributed by atoms with Crippen LogP contribution >= 0.6 is 0 Å². The molecular formula is C16H18N2O2. The number of rotatable bonds is 5. The second kappa shape index (κ2) is 6.61. The van der Waals surface area contributed by atoms with Gasteiger partial charge >= 0.3 is 0 Å². The molecule has 4 heteroatoms. The summed E-state index contributed by atoms with van der Waals surface area (Å²) in [6.45, 7) is 0.248. The number of nitrogens with one attached hydrogen (secondary N) is 1. The largest absolute Gasteiger partial charge is 0.497 e. The average molecular weight is 270 g/mol. The third-order valence-corrected chi connectivity index (χ3v) is 3.03. The number of carbonyl (C=O) groups excluding carboxylic acids is 1. The highest BCUT2D eigenvalue weighted by Crippen LogP contribution is 2.20. The quantitative estimate of drug-likeness (QED) is 0.908. The second-order valence-electron chi connectivity index (χ2n) is 4.37. The van der Waals surface area contributed by atoms with Crippen molar-refractivity contribution in [2.24, 2.45) is 0 Å². The molecule has 0 fully saturated rings. The molecule has 2 aromatic carbocycles. The molecule has 0 saturated carbocycles. The van der Waals surface area contributed by atoms with Crippen molar-refractivity contribution in [3.8, 4) is 5.75 Å². The number of anilines is 2. The van der Waals surface area contributed by atoms with E-state index in [1.54, 1.807) is 19.1 Å². The van der Waals surface area contributed by atoms with E-state index < -0.39 is 0 Å². The number of ether oxygens (including phenoxy) is 1. The number of hydrogen-bond donors (Lipinski definition) is 1. The molecule has 1 amide bonds. The van der Waals surface area contributed by atoms with Gasteiger partial charge in [-0.05, 0) is 24.3 Å². The maximum Gasteiger partial charge on any atom is 0.246 e. The zero-order valence-corrected chi connectivity index (χ0v) is 11.7. The third-order valence-electron chi connectivity index (χ3n) is 3.03. The Bertz CT molecular complexity index is 570. The van der Waals surface area contributed by atoms with Crippen LogP contribution in [0.3, 0.4) is 0 Å². The van der Waals surface area contributed by atoms with Gasteiger partial charge in [0.2, 0.25) is 5.91 Å². The Morgan fingerprint density at radius 2 is 1.90 bits per heavy atom. The van der Waals surface area contributed by atoms with Crippen LogP contribution in [-0.4, -0.2) is 26.6 Å². The second-order valence-corrected chi connectivity index (χ2v) is 4.37. The molecule has 0 unspecified atom stereocenters. The van der Waals surface area contributed by atoms with E-state index in [9.17, 15) is 4.79 Å². The molecule has 2 aromatic rings. The Kier molecular flexibility index (Phi) is 4.60. The number of likely N-dealkylation sites (N-methyl/N-ethyl adjacent to an activating group) is 1. The topological polar surface area (TPSA) is 41.6 Å². The van der Waals surface area contributed by atoms with E-state index in [2.05, 4.69) is 5.32 Å². The van der Waals surface area contributed by atoms with Gasteiger partial charge in [0.25, 0.3) is 0 Å². The number of para-hydroxylation sites is 1. The number of hydrogen-bond acceptors (Lipinski definition) is 3. The summed E-state index contributed by atoms with van der Waals surface area (Å²) in [7, 11) is 3.36. The molecule has 1 N–H and O–H groups in total. The fourth-order valence-corrected chi connectivity index (χ4v) is 1.82. The molecule has 0 aliphatic rings. The van der Waals surface area contributed by atoms with Crippen molar-refractivity contribution in [2.45, 2.75) is 0 Å². The normalized spacial score (nSPS) is 9.90. The number of methoxy groups -OCH3 is 1. The molecule has 0 aromatic heterocycles. The predicted octanol–water partition coefficient (Wildman–Crippen LogP) is 2.77. The van der Waals surface area contributed by atoms with Crippen LogP contribution in [0.1, 0.15) is 0 Å². The van der Waals surface area contributed by atoms with Gasteiger partial charge in [-0.15, -0.1) is 0 Å². The molecule has 0 heterocycles. The van der Waals surface area contributed by atoms with Crippen LogP contribution in [0.25, 0.3) is 0 Å². The maximum absolute atomic E-state index is 12.1. The molecule has 0 saturated heterocycles. The van der Waals surface area contributed by atoms with E-state index in [1.807, 2.05) is 54.6 Å². The summed E-state index contributed by atoms with van der Waals surface area (Å²) in [6.07, 6.45) is 0. The Labute approximate surface area is 119 Å². The predicted molar refractivity (Wildman–Crippen MR) is 81.3 cm³/mol. The maximum atomic E-state index is 12.1. The molecule has 0 radical (unpaired) electrons. The smallest absolute Gasteiger partial charge is 0.246 e. The summed E-state index contributed by atoms with van der Waals surface area (Å²) >= 11 is 0. The van der Waals surface area contributed by atoms with E-state index in [0.29, 0.717) is 0 Å². The lowest BCUT2D eigenvalue weighted by molar-refractivity contribution is -0.116. The Morgan fingerprint density at radius 1 is 1.15 bits per heavy atom. The first-order chi connectivity index (χ1) is 9.70. The molecule has 0 atom stereocenters. The summed E-state index contributed by atoms with van der Waals surface area (Å²) in [4.78, 5) is 13.7. The lowest BCUT2D eigenvalue weighted by atomic mass is 10.2. The van der Waals surface area contributed by atoms with Crippen LogP contribution in [0.15, 0.2) is 54.6 Å². The van der Waals surface area contributed by atoms with Gasteiger partial charge in [-0.2, -0.15) is 0 Å². The number of benzene rings is 2. The van der Waals surface area contributed by atoms with Gasteiger partial charge in [0, 0.05) is 24.5 Å². The molecular weight excluding hydrogens is 252 g/mol. The van der Waals surface area contributed by atoms with Crippen molar-refractivity contribution in [3.63, 3.8) is 0 Å². The van der Waals surface area contributed by atoms with Crippen LogP contribution in [0.4, 0.5) is 11.4 Å². The van der Waals surface area contributed by atoms with Gasteiger partial charge < -0.3 is 15.0 Å².